The molecule has 15 heavy (non-hydrogen) atoms. The molecule has 0 heterocycles. The smallest absolute Gasteiger partial charge is 0.167 e. The van der Waals surface area contributed by atoms with Crippen LogP contribution in [0.1, 0.15) is 32.1 Å². The van der Waals surface area contributed by atoms with Gasteiger partial charge in [-0.3, -0.25) is 0 Å². The van der Waals surface area contributed by atoms with Crippen molar-refractivity contribution >= 4 is 0 Å². The van der Waals surface area contributed by atoms with Crippen LogP contribution in [0, 0.1) is 0 Å². The summed E-state index contributed by atoms with van der Waals surface area (Å²) in [5.41, 5.74) is 2.95. The zero-order valence-corrected chi connectivity index (χ0v) is 8.82. The first-order valence-corrected chi connectivity index (χ1v) is 5.59. The van der Waals surface area contributed by atoms with E-state index in [0.29, 0.717) is 6.04 Å². The lowest BCUT2D eigenvalue weighted by Gasteiger charge is -2.21. The Hall–Kier alpha value is -1.06. The molecule has 0 unspecified atom stereocenters. The fourth-order valence-corrected chi connectivity index (χ4v) is 1.84. The lowest BCUT2D eigenvalue weighted by Crippen LogP contribution is -2.32. The number of rotatable bonds is 4. The van der Waals surface area contributed by atoms with Gasteiger partial charge in [0.25, 0.3) is 0 Å². The van der Waals surface area contributed by atoms with Gasteiger partial charge in [-0.25, -0.2) is 0 Å². The largest absolute Gasteiger partial charge is 0.319 e. The number of benzene rings is 1. The van der Waals surface area contributed by atoms with Crippen LogP contribution < -0.4 is 10.4 Å². The minimum absolute atomic E-state index is 0.447. The maximum atomic E-state index is 5.10. The Morgan fingerprint density at radius 3 is 2.47 bits per heavy atom. The molecule has 0 amide bonds. The Morgan fingerprint density at radius 1 is 1.00 bits per heavy atom. The van der Waals surface area contributed by atoms with Crippen LogP contribution in [0.3, 0.4) is 0 Å². The van der Waals surface area contributed by atoms with Crippen LogP contribution in [0.5, 0.6) is 5.75 Å². The van der Waals surface area contributed by atoms with E-state index in [9.17, 15) is 0 Å². The summed E-state index contributed by atoms with van der Waals surface area (Å²) < 4.78 is 0. The molecule has 0 aliphatic heterocycles. The Kier molecular flexibility index (Phi) is 4.00. The lowest BCUT2D eigenvalue weighted by molar-refractivity contribution is -0.268. The summed E-state index contributed by atoms with van der Waals surface area (Å²) in [7, 11) is 0. The topological polar surface area (TPSA) is 30.5 Å². The van der Waals surface area contributed by atoms with Crippen molar-refractivity contribution in [3.05, 3.63) is 30.3 Å². The van der Waals surface area contributed by atoms with Crippen molar-refractivity contribution < 1.29 is 9.88 Å². The summed E-state index contributed by atoms with van der Waals surface area (Å²) in [4.78, 5) is 10.1. The first-order valence-electron chi connectivity index (χ1n) is 5.59. The first kappa shape index (κ1) is 10.5. The summed E-state index contributed by atoms with van der Waals surface area (Å²) in [5.74, 6) is 0.723. The quantitative estimate of drug-likeness (QED) is 0.608. The lowest BCUT2D eigenvalue weighted by atomic mass is 9.96. The highest BCUT2D eigenvalue weighted by atomic mass is 17.3. The van der Waals surface area contributed by atoms with Gasteiger partial charge in [0, 0.05) is 6.04 Å². The predicted octanol–water partition coefficient (Wildman–Crippen LogP) is 2.83. The molecule has 3 heteroatoms. The van der Waals surface area contributed by atoms with E-state index in [2.05, 4.69) is 5.48 Å². The molecule has 0 atom stereocenters. The first-order chi connectivity index (χ1) is 7.45. The number of hydrogen-bond acceptors (Lipinski definition) is 3. The van der Waals surface area contributed by atoms with Crippen LogP contribution in [0.25, 0.3) is 0 Å². The third-order valence-electron chi connectivity index (χ3n) is 2.70. The molecule has 3 nitrogen and oxygen atoms in total. The minimum atomic E-state index is 0.447. The highest BCUT2D eigenvalue weighted by Crippen LogP contribution is 2.17. The van der Waals surface area contributed by atoms with Gasteiger partial charge in [-0.15, -0.1) is 0 Å². The third-order valence-corrected chi connectivity index (χ3v) is 2.70. The van der Waals surface area contributed by atoms with Crippen molar-refractivity contribution in [1.29, 1.82) is 0 Å². The van der Waals surface area contributed by atoms with Crippen molar-refractivity contribution in [3.63, 3.8) is 0 Å². The molecule has 1 aromatic rings. The monoisotopic (exact) mass is 207 g/mol. The average molecular weight is 207 g/mol. The van der Waals surface area contributed by atoms with Gasteiger partial charge < -0.3 is 4.89 Å². The van der Waals surface area contributed by atoms with Crippen LogP contribution in [0.4, 0.5) is 0 Å². The molecule has 1 fully saturated rings. The standard InChI is InChI=1S/C12H17NO2/c1-3-7-11(8-4-1)13-15-14-12-9-5-2-6-10-12/h2,5-6,9-11,13H,1,3-4,7-8H2. The maximum absolute atomic E-state index is 5.10. The molecular weight excluding hydrogens is 190 g/mol. The summed E-state index contributed by atoms with van der Waals surface area (Å²) in [6, 6.07) is 9.95. The summed E-state index contributed by atoms with van der Waals surface area (Å²) >= 11 is 0. The van der Waals surface area contributed by atoms with E-state index in [1.165, 1.54) is 32.1 Å². The van der Waals surface area contributed by atoms with Crippen molar-refractivity contribution in [1.82, 2.24) is 5.48 Å². The van der Waals surface area contributed by atoms with Gasteiger partial charge in [0.2, 0.25) is 0 Å². The zero-order chi connectivity index (χ0) is 10.3. The predicted molar refractivity (Wildman–Crippen MR) is 58.2 cm³/mol. The molecule has 82 valence electrons. The molecule has 0 bridgehead atoms. The van der Waals surface area contributed by atoms with Gasteiger partial charge in [0.05, 0.1) is 0 Å². The number of hydrogen-bond donors (Lipinski definition) is 1. The highest BCUT2D eigenvalue weighted by molar-refractivity contribution is 5.20. The van der Waals surface area contributed by atoms with Crippen molar-refractivity contribution in [3.8, 4) is 5.75 Å². The minimum Gasteiger partial charge on any atom is -0.319 e. The van der Waals surface area contributed by atoms with Crippen LogP contribution in [0.15, 0.2) is 30.3 Å². The van der Waals surface area contributed by atoms with Crippen LogP contribution in [-0.4, -0.2) is 6.04 Å². The third kappa shape index (κ3) is 3.53. The van der Waals surface area contributed by atoms with Gasteiger partial charge in [0.15, 0.2) is 5.75 Å². The second-order valence-corrected chi connectivity index (χ2v) is 3.93. The summed E-state index contributed by atoms with van der Waals surface area (Å²) in [5, 5.41) is 0. The van der Waals surface area contributed by atoms with Gasteiger partial charge in [-0.2, -0.15) is 5.48 Å². The molecule has 0 saturated heterocycles. The van der Waals surface area contributed by atoms with Gasteiger partial charge in [-0.05, 0) is 25.0 Å². The Labute approximate surface area is 90.3 Å². The number of nitrogens with one attached hydrogen (secondary N) is 1. The van der Waals surface area contributed by atoms with E-state index >= 15 is 0 Å². The van der Waals surface area contributed by atoms with Gasteiger partial charge in [-0.1, -0.05) is 42.4 Å². The molecule has 1 aromatic carbocycles. The Balaban J connectivity index is 1.66. The SMILES string of the molecule is c1ccc(OONC2CCCCC2)cc1. The average Bonchev–Trinajstić information content (AvgIpc) is 2.32. The molecular formula is C12H17NO2. The van der Waals surface area contributed by atoms with E-state index < -0.39 is 0 Å². The Morgan fingerprint density at radius 2 is 1.73 bits per heavy atom. The number of hydroxylamine groups is 1. The van der Waals surface area contributed by atoms with Crippen molar-refractivity contribution in [2.24, 2.45) is 0 Å². The molecule has 1 N–H and O–H groups in total. The molecule has 0 spiro atoms. The van der Waals surface area contributed by atoms with E-state index in [-0.39, 0.29) is 0 Å². The second-order valence-electron chi connectivity index (χ2n) is 3.93. The highest BCUT2D eigenvalue weighted by Gasteiger charge is 2.13. The van der Waals surface area contributed by atoms with Crippen LogP contribution >= 0.6 is 0 Å². The molecule has 0 radical (unpaired) electrons. The normalized spacial score (nSPS) is 17.6. The van der Waals surface area contributed by atoms with Crippen LogP contribution in [0.2, 0.25) is 0 Å². The van der Waals surface area contributed by atoms with E-state index in [1.54, 1.807) is 0 Å². The van der Waals surface area contributed by atoms with E-state index in [4.69, 9.17) is 9.88 Å². The molecule has 1 aliphatic rings. The van der Waals surface area contributed by atoms with Crippen molar-refractivity contribution in [2.45, 2.75) is 38.1 Å². The number of para-hydroxylation sites is 1. The molecule has 1 aliphatic carbocycles. The van der Waals surface area contributed by atoms with Gasteiger partial charge in [0.1, 0.15) is 0 Å². The summed E-state index contributed by atoms with van der Waals surface area (Å²) in [6.45, 7) is 0. The fourth-order valence-electron chi connectivity index (χ4n) is 1.84. The second kappa shape index (κ2) is 5.73. The van der Waals surface area contributed by atoms with Crippen molar-refractivity contribution in [2.75, 3.05) is 0 Å². The molecule has 2 rings (SSSR count). The fraction of sp³-hybridized carbons (Fsp3) is 0.500. The zero-order valence-electron chi connectivity index (χ0n) is 8.82. The van der Waals surface area contributed by atoms with Crippen LogP contribution in [-0.2, 0) is 4.99 Å². The van der Waals surface area contributed by atoms with E-state index in [0.717, 1.165) is 5.75 Å². The summed E-state index contributed by atoms with van der Waals surface area (Å²) in [6.07, 6.45) is 6.27. The molecule has 1 saturated carbocycles. The van der Waals surface area contributed by atoms with E-state index in [1.807, 2.05) is 30.3 Å². The maximum Gasteiger partial charge on any atom is 0.167 e. The molecule has 0 aromatic heterocycles. The van der Waals surface area contributed by atoms with Gasteiger partial charge >= 0.3 is 0 Å². The Bertz CT molecular complexity index is 270.